The fraction of sp³-hybridized carbons (Fsp3) is 0.833. The maximum Gasteiger partial charge on any atom is 0.320 e. The largest absolute Gasteiger partial charge is 0.480 e. The molecule has 2 saturated heterocycles. The molecular weight excluding hydrogens is 266 g/mol. The number of hydrogen-bond acceptors (Lipinski definition) is 5. The lowest BCUT2D eigenvalue weighted by molar-refractivity contribution is -0.144. The Morgan fingerprint density at radius 2 is 2.00 bits per heavy atom. The van der Waals surface area contributed by atoms with Crippen molar-refractivity contribution in [1.29, 1.82) is 0 Å². The quantitative estimate of drug-likeness (QED) is 0.716. The summed E-state index contributed by atoms with van der Waals surface area (Å²) >= 11 is 1.81. The number of amides is 1. The van der Waals surface area contributed by atoms with Gasteiger partial charge in [0.1, 0.15) is 6.04 Å². The molecule has 0 saturated carbocycles. The van der Waals surface area contributed by atoms with E-state index in [1.54, 1.807) is 18.7 Å². The van der Waals surface area contributed by atoms with Crippen molar-refractivity contribution in [3.8, 4) is 0 Å². The Hall–Kier alpha value is -0.790. The third-order valence-corrected chi connectivity index (χ3v) is 4.81. The molecule has 0 aromatic rings. The van der Waals surface area contributed by atoms with Crippen molar-refractivity contribution in [1.82, 2.24) is 15.1 Å². The van der Waals surface area contributed by atoms with E-state index in [1.807, 2.05) is 9.80 Å². The Bertz CT molecular complexity index is 339. The first kappa shape index (κ1) is 14.6. The molecule has 0 aromatic carbocycles. The SMILES string of the molecule is CC(C(=O)O)N1CCN(C(=O)C2CSCCN2)CC1. The number of nitrogens with zero attached hydrogens (tertiary/aromatic N) is 2. The molecule has 2 rings (SSSR count). The van der Waals surface area contributed by atoms with Gasteiger partial charge in [-0.15, -0.1) is 0 Å². The molecule has 0 spiro atoms. The van der Waals surface area contributed by atoms with E-state index in [1.165, 1.54) is 0 Å². The standard InChI is InChI=1S/C12H21N3O3S/c1-9(12(17)18)14-3-5-15(6-4-14)11(16)10-8-19-7-2-13-10/h9-10,13H,2-8H2,1H3,(H,17,18). The minimum absolute atomic E-state index is 0.0674. The Balaban J connectivity index is 1.82. The molecule has 2 N–H and O–H groups in total. The molecule has 2 aliphatic heterocycles. The van der Waals surface area contributed by atoms with Gasteiger partial charge < -0.3 is 15.3 Å². The summed E-state index contributed by atoms with van der Waals surface area (Å²) < 4.78 is 0. The molecule has 0 aliphatic carbocycles. The van der Waals surface area contributed by atoms with Crippen molar-refractivity contribution in [3.05, 3.63) is 0 Å². The van der Waals surface area contributed by atoms with Crippen LogP contribution in [0.5, 0.6) is 0 Å². The number of thioether (sulfide) groups is 1. The number of aliphatic carboxylic acids is 1. The van der Waals surface area contributed by atoms with Crippen molar-refractivity contribution in [3.63, 3.8) is 0 Å². The number of carboxylic acids is 1. The fourth-order valence-electron chi connectivity index (χ4n) is 2.43. The predicted molar refractivity (Wildman–Crippen MR) is 74.4 cm³/mol. The van der Waals surface area contributed by atoms with E-state index in [4.69, 9.17) is 5.11 Å². The highest BCUT2D eigenvalue weighted by Crippen LogP contribution is 2.12. The molecule has 0 bridgehead atoms. The van der Waals surface area contributed by atoms with Crippen LogP contribution in [-0.2, 0) is 9.59 Å². The topological polar surface area (TPSA) is 72.9 Å². The lowest BCUT2D eigenvalue weighted by atomic mass is 10.2. The maximum absolute atomic E-state index is 12.3. The second kappa shape index (κ2) is 6.58. The number of rotatable bonds is 3. The summed E-state index contributed by atoms with van der Waals surface area (Å²) in [7, 11) is 0. The summed E-state index contributed by atoms with van der Waals surface area (Å²) in [5.41, 5.74) is 0. The fourth-order valence-corrected chi connectivity index (χ4v) is 3.36. The number of piperazine rings is 1. The summed E-state index contributed by atoms with van der Waals surface area (Å²) in [6.07, 6.45) is 0. The van der Waals surface area contributed by atoms with Gasteiger partial charge in [-0.2, -0.15) is 11.8 Å². The van der Waals surface area contributed by atoms with Crippen LogP contribution in [-0.4, -0.2) is 83.1 Å². The Kier molecular flexibility index (Phi) is 5.06. The van der Waals surface area contributed by atoms with Gasteiger partial charge in [-0.1, -0.05) is 0 Å². The molecule has 2 heterocycles. The molecule has 19 heavy (non-hydrogen) atoms. The highest BCUT2D eigenvalue weighted by molar-refractivity contribution is 7.99. The van der Waals surface area contributed by atoms with Crippen molar-refractivity contribution < 1.29 is 14.7 Å². The van der Waals surface area contributed by atoms with Crippen LogP contribution < -0.4 is 5.32 Å². The predicted octanol–water partition coefficient (Wildman–Crippen LogP) is -0.691. The van der Waals surface area contributed by atoms with Crippen LogP contribution in [0.15, 0.2) is 0 Å². The van der Waals surface area contributed by atoms with Gasteiger partial charge in [0.15, 0.2) is 0 Å². The van der Waals surface area contributed by atoms with E-state index in [0.717, 1.165) is 18.1 Å². The zero-order valence-corrected chi connectivity index (χ0v) is 12.0. The van der Waals surface area contributed by atoms with Crippen LogP contribution >= 0.6 is 11.8 Å². The van der Waals surface area contributed by atoms with Crippen molar-refractivity contribution in [2.45, 2.75) is 19.0 Å². The minimum Gasteiger partial charge on any atom is -0.480 e. The van der Waals surface area contributed by atoms with Crippen LogP contribution in [0.2, 0.25) is 0 Å². The summed E-state index contributed by atoms with van der Waals surface area (Å²) in [4.78, 5) is 27.0. The van der Waals surface area contributed by atoms with Gasteiger partial charge in [-0.3, -0.25) is 14.5 Å². The van der Waals surface area contributed by atoms with Crippen molar-refractivity contribution >= 4 is 23.6 Å². The number of carbonyl (C=O) groups excluding carboxylic acids is 1. The molecule has 2 atom stereocenters. The average molecular weight is 287 g/mol. The molecule has 7 heteroatoms. The van der Waals surface area contributed by atoms with Gasteiger partial charge in [-0.05, 0) is 6.92 Å². The first-order valence-corrected chi connectivity index (χ1v) is 7.82. The van der Waals surface area contributed by atoms with Crippen molar-refractivity contribution in [2.75, 3.05) is 44.2 Å². The Morgan fingerprint density at radius 1 is 1.32 bits per heavy atom. The van der Waals surface area contributed by atoms with Gasteiger partial charge in [0.2, 0.25) is 5.91 Å². The highest BCUT2D eigenvalue weighted by atomic mass is 32.2. The summed E-state index contributed by atoms with van der Waals surface area (Å²) in [6.45, 7) is 5.10. The van der Waals surface area contributed by atoms with Gasteiger partial charge in [0.05, 0.1) is 6.04 Å². The number of hydrogen-bond donors (Lipinski definition) is 2. The van der Waals surface area contributed by atoms with Gasteiger partial charge in [-0.25, -0.2) is 0 Å². The smallest absolute Gasteiger partial charge is 0.320 e. The molecule has 0 radical (unpaired) electrons. The van der Waals surface area contributed by atoms with Crippen LogP contribution in [0.25, 0.3) is 0 Å². The molecule has 2 unspecified atom stereocenters. The number of nitrogens with one attached hydrogen (secondary N) is 1. The van der Waals surface area contributed by atoms with E-state index in [0.29, 0.717) is 26.2 Å². The normalized spacial score (nSPS) is 27.0. The highest BCUT2D eigenvalue weighted by Gasteiger charge is 2.30. The molecular formula is C12H21N3O3S. The first-order chi connectivity index (χ1) is 9.09. The number of carbonyl (C=O) groups is 2. The van der Waals surface area contributed by atoms with Crippen LogP contribution in [0, 0.1) is 0 Å². The molecule has 1 amide bonds. The summed E-state index contributed by atoms with van der Waals surface area (Å²) in [5, 5.41) is 12.2. The third kappa shape index (κ3) is 3.61. The number of carboxylic acid groups (broad SMARTS) is 1. The molecule has 108 valence electrons. The van der Waals surface area contributed by atoms with Crippen LogP contribution in [0.4, 0.5) is 0 Å². The first-order valence-electron chi connectivity index (χ1n) is 6.66. The van der Waals surface area contributed by atoms with E-state index in [-0.39, 0.29) is 11.9 Å². The Morgan fingerprint density at radius 3 is 2.53 bits per heavy atom. The second-order valence-electron chi connectivity index (χ2n) is 4.96. The average Bonchev–Trinajstić information content (AvgIpc) is 2.46. The third-order valence-electron chi connectivity index (χ3n) is 3.75. The van der Waals surface area contributed by atoms with Gasteiger partial charge in [0, 0.05) is 44.2 Å². The molecule has 2 aliphatic rings. The lowest BCUT2D eigenvalue weighted by Gasteiger charge is -2.38. The van der Waals surface area contributed by atoms with E-state index >= 15 is 0 Å². The van der Waals surface area contributed by atoms with Gasteiger partial charge in [0.25, 0.3) is 0 Å². The zero-order chi connectivity index (χ0) is 13.8. The van der Waals surface area contributed by atoms with E-state index < -0.39 is 12.0 Å². The zero-order valence-electron chi connectivity index (χ0n) is 11.2. The van der Waals surface area contributed by atoms with E-state index in [2.05, 4.69) is 5.32 Å². The molecule has 0 aromatic heterocycles. The lowest BCUT2D eigenvalue weighted by Crippen LogP contribution is -2.57. The van der Waals surface area contributed by atoms with Crippen LogP contribution in [0.3, 0.4) is 0 Å². The van der Waals surface area contributed by atoms with Crippen LogP contribution in [0.1, 0.15) is 6.92 Å². The minimum atomic E-state index is -0.801. The van der Waals surface area contributed by atoms with Gasteiger partial charge >= 0.3 is 5.97 Å². The maximum atomic E-state index is 12.3. The second-order valence-corrected chi connectivity index (χ2v) is 6.11. The Labute approximate surface area is 117 Å². The van der Waals surface area contributed by atoms with E-state index in [9.17, 15) is 9.59 Å². The monoisotopic (exact) mass is 287 g/mol. The summed E-state index contributed by atoms with van der Waals surface area (Å²) in [5.74, 6) is 1.26. The molecule has 6 nitrogen and oxygen atoms in total. The molecule has 2 fully saturated rings. The summed E-state index contributed by atoms with van der Waals surface area (Å²) in [6, 6.07) is -0.539. The van der Waals surface area contributed by atoms with Crippen molar-refractivity contribution in [2.24, 2.45) is 0 Å².